The van der Waals surface area contributed by atoms with Crippen molar-refractivity contribution in [2.75, 3.05) is 0 Å². The molecule has 0 aromatic carbocycles. The van der Waals surface area contributed by atoms with Crippen LogP contribution < -0.4 is 0 Å². The van der Waals surface area contributed by atoms with Gasteiger partial charge in [-0.25, -0.2) is 0 Å². The Balaban J connectivity index is 1.85. The van der Waals surface area contributed by atoms with Crippen LogP contribution in [0.1, 0.15) is 104 Å². The minimum absolute atomic E-state index is 0.119. The van der Waals surface area contributed by atoms with Gasteiger partial charge in [-0.05, 0) is 25.7 Å². The molecular weight excluding hydrogens is 260 g/mol. The molecule has 1 N–H and O–H groups in total. The van der Waals surface area contributed by atoms with Gasteiger partial charge >= 0.3 is 0 Å². The maximum absolute atomic E-state index is 10.2. The van der Waals surface area contributed by atoms with Crippen molar-refractivity contribution in [2.45, 2.75) is 122 Å². The van der Waals surface area contributed by atoms with Crippen LogP contribution >= 0.6 is 0 Å². The highest BCUT2D eigenvalue weighted by molar-refractivity contribution is 4.78. The van der Waals surface area contributed by atoms with E-state index < -0.39 is 0 Å². The third-order valence-electron chi connectivity index (χ3n) is 4.88. The van der Waals surface area contributed by atoms with Crippen LogP contribution in [0.2, 0.25) is 0 Å². The maximum atomic E-state index is 10.2. The number of hydrogen-bond acceptors (Lipinski definition) is 2. The summed E-state index contributed by atoms with van der Waals surface area (Å²) in [6.07, 6.45) is 18.0. The molecule has 1 aliphatic heterocycles. The van der Waals surface area contributed by atoms with Crippen molar-refractivity contribution in [3.63, 3.8) is 0 Å². The van der Waals surface area contributed by atoms with E-state index in [-0.39, 0.29) is 12.2 Å². The Hall–Kier alpha value is -0.0800. The number of hydrogen-bond donors (Lipinski definition) is 1. The van der Waals surface area contributed by atoms with E-state index in [0.29, 0.717) is 6.10 Å². The minimum Gasteiger partial charge on any atom is -0.390 e. The highest BCUT2D eigenvalue weighted by Gasteiger charge is 2.29. The molecule has 0 aliphatic carbocycles. The Kier molecular flexibility index (Phi) is 11.3. The van der Waals surface area contributed by atoms with E-state index in [1.807, 2.05) is 0 Å². The molecule has 1 aliphatic rings. The zero-order chi connectivity index (χ0) is 15.3. The van der Waals surface area contributed by atoms with Crippen LogP contribution in [0.4, 0.5) is 0 Å². The maximum Gasteiger partial charge on any atom is 0.0838 e. The lowest BCUT2D eigenvalue weighted by Gasteiger charge is -2.18. The van der Waals surface area contributed by atoms with E-state index in [9.17, 15) is 5.11 Å². The molecule has 1 rings (SSSR count). The molecule has 2 nitrogen and oxygen atoms in total. The minimum atomic E-state index is -0.226. The van der Waals surface area contributed by atoms with Crippen LogP contribution in [0.15, 0.2) is 0 Å². The first-order valence-electron chi connectivity index (χ1n) is 9.61. The van der Waals surface area contributed by atoms with E-state index in [1.165, 1.54) is 57.8 Å². The summed E-state index contributed by atoms with van der Waals surface area (Å²) in [4.78, 5) is 0. The summed E-state index contributed by atoms with van der Waals surface area (Å²) >= 11 is 0. The van der Waals surface area contributed by atoms with Crippen molar-refractivity contribution in [3.05, 3.63) is 0 Å². The summed E-state index contributed by atoms with van der Waals surface area (Å²) in [5.41, 5.74) is 0. The SMILES string of the molecule is CCCCCCCCCCCCC(O)C1CCC(CC)O1. The number of unbranched alkanes of at least 4 members (excludes halogenated alkanes) is 9. The smallest absolute Gasteiger partial charge is 0.0838 e. The van der Waals surface area contributed by atoms with Crippen LogP contribution in [-0.2, 0) is 4.74 Å². The summed E-state index contributed by atoms with van der Waals surface area (Å²) in [5.74, 6) is 0. The molecule has 1 saturated heterocycles. The van der Waals surface area contributed by atoms with Gasteiger partial charge in [0.25, 0.3) is 0 Å². The molecule has 0 radical (unpaired) electrons. The topological polar surface area (TPSA) is 29.5 Å². The van der Waals surface area contributed by atoms with Crippen molar-refractivity contribution < 1.29 is 9.84 Å². The summed E-state index contributed by atoms with van der Waals surface area (Å²) < 4.78 is 5.86. The van der Waals surface area contributed by atoms with Crippen molar-refractivity contribution in [1.82, 2.24) is 0 Å². The summed E-state index contributed by atoms with van der Waals surface area (Å²) in [5, 5.41) is 10.2. The zero-order valence-electron chi connectivity index (χ0n) is 14.5. The molecule has 21 heavy (non-hydrogen) atoms. The van der Waals surface area contributed by atoms with Crippen LogP contribution in [0.5, 0.6) is 0 Å². The Morgan fingerprint density at radius 1 is 0.857 bits per heavy atom. The van der Waals surface area contributed by atoms with Gasteiger partial charge in [-0.1, -0.05) is 78.1 Å². The standard InChI is InChI=1S/C19H38O2/c1-3-5-6-7-8-9-10-11-12-13-14-18(20)19-16-15-17(4-2)21-19/h17-20H,3-16H2,1-2H3. The Morgan fingerprint density at radius 2 is 1.43 bits per heavy atom. The van der Waals surface area contributed by atoms with Gasteiger partial charge in [-0.3, -0.25) is 0 Å². The normalized spacial score (nSPS) is 23.6. The van der Waals surface area contributed by atoms with Gasteiger partial charge < -0.3 is 9.84 Å². The predicted molar refractivity (Wildman–Crippen MR) is 90.7 cm³/mol. The second-order valence-electron chi connectivity index (χ2n) is 6.82. The molecular formula is C19H38O2. The van der Waals surface area contributed by atoms with Gasteiger partial charge in [0.15, 0.2) is 0 Å². The number of ether oxygens (including phenoxy) is 1. The lowest BCUT2D eigenvalue weighted by Crippen LogP contribution is -2.26. The summed E-state index contributed by atoms with van der Waals surface area (Å²) in [7, 11) is 0. The lowest BCUT2D eigenvalue weighted by molar-refractivity contribution is -0.0382. The van der Waals surface area contributed by atoms with Crippen LogP contribution in [0.3, 0.4) is 0 Å². The Morgan fingerprint density at radius 3 is 1.95 bits per heavy atom. The molecule has 0 amide bonds. The number of rotatable bonds is 13. The summed E-state index contributed by atoms with van der Waals surface area (Å²) in [6.45, 7) is 4.44. The average Bonchev–Trinajstić information content (AvgIpc) is 2.98. The monoisotopic (exact) mass is 298 g/mol. The highest BCUT2D eigenvalue weighted by atomic mass is 16.5. The van der Waals surface area contributed by atoms with Gasteiger partial charge in [-0.15, -0.1) is 0 Å². The molecule has 3 unspecified atom stereocenters. The molecule has 0 bridgehead atoms. The molecule has 2 heteroatoms. The fraction of sp³-hybridized carbons (Fsp3) is 1.00. The first-order valence-corrected chi connectivity index (χ1v) is 9.61. The zero-order valence-corrected chi connectivity index (χ0v) is 14.5. The van der Waals surface area contributed by atoms with E-state index >= 15 is 0 Å². The first kappa shape index (κ1) is 19.0. The third-order valence-corrected chi connectivity index (χ3v) is 4.88. The molecule has 126 valence electrons. The molecule has 1 heterocycles. The van der Waals surface area contributed by atoms with Gasteiger partial charge in [0.1, 0.15) is 0 Å². The molecule has 0 spiro atoms. The van der Waals surface area contributed by atoms with E-state index in [4.69, 9.17) is 4.74 Å². The Labute approximate surface area is 132 Å². The largest absolute Gasteiger partial charge is 0.390 e. The molecule has 0 aromatic heterocycles. The second kappa shape index (κ2) is 12.5. The third kappa shape index (κ3) is 8.83. The molecule has 0 aromatic rings. The number of aliphatic hydroxyl groups is 1. The van der Waals surface area contributed by atoms with Gasteiger partial charge in [0, 0.05) is 0 Å². The van der Waals surface area contributed by atoms with Gasteiger partial charge in [0.05, 0.1) is 18.3 Å². The van der Waals surface area contributed by atoms with Gasteiger partial charge in [-0.2, -0.15) is 0 Å². The van der Waals surface area contributed by atoms with E-state index in [1.54, 1.807) is 0 Å². The van der Waals surface area contributed by atoms with E-state index in [2.05, 4.69) is 13.8 Å². The molecule has 3 atom stereocenters. The second-order valence-corrected chi connectivity index (χ2v) is 6.82. The Bertz CT molecular complexity index is 230. The molecule has 1 fully saturated rings. The highest BCUT2D eigenvalue weighted by Crippen LogP contribution is 2.26. The van der Waals surface area contributed by atoms with Crippen molar-refractivity contribution in [1.29, 1.82) is 0 Å². The predicted octanol–water partition coefficient (Wildman–Crippen LogP) is 5.62. The summed E-state index contributed by atoms with van der Waals surface area (Å²) in [6, 6.07) is 0. The van der Waals surface area contributed by atoms with Crippen LogP contribution in [0, 0.1) is 0 Å². The van der Waals surface area contributed by atoms with Crippen molar-refractivity contribution in [3.8, 4) is 0 Å². The van der Waals surface area contributed by atoms with Crippen LogP contribution in [0.25, 0.3) is 0 Å². The first-order chi connectivity index (χ1) is 10.3. The fourth-order valence-corrected chi connectivity index (χ4v) is 3.34. The fourth-order valence-electron chi connectivity index (χ4n) is 3.34. The molecule has 0 saturated carbocycles. The van der Waals surface area contributed by atoms with Gasteiger partial charge in [0.2, 0.25) is 0 Å². The quantitative estimate of drug-likeness (QED) is 0.447. The average molecular weight is 299 g/mol. The van der Waals surface area contributed by atoms with Crippen LogP contribution in [-0.4, -0.2) is 23.4 Å². The van der Waals surface area contributed by atoms with Crippen molar-refractivity contribution in [2.24, 2.45) is 0 Å². The van der Waals surface area contributed by atoms with Crippen molar-refractivity contribution >= 4 is 0 Å². The number of aliphatic hydroxyl groups excluding tert-OH is 1. The lowest BCUT2D eigenvalue weighted by atomic mass is 10.0. The van der Waals surface area contributed by atoms with E-state index in [0.717, 1.165) is 32.1 Å².